The van der Waals surface area contributed by atoms with Gasteiger partial charge in [0.15, 0.2) is 11.5 Å². The van der Waals surface area contributed by atoms with Crippen molar-refractivity contribution < 1.29 is 14.3 Å². The molecular weight excluding hydrogens is 518 g/mol. The number of ether oxygens (including phenoxy) is 2. The van der Waals surface area contributed by atoms with Crippen LogP contribution in [0.2, 0.25) is 5.02 Å². The lowest BCUT2D eigenvalue weighted by Gasteiger charge is -2.39. The Morgan fingerprint density at radius 3 is 2.61 bits per heavy atom. The van der Waals surface area contributed by atoms with Crippen molar-refractivity contribution in [1.29, 1.82) is 0 Å². The first-order chi connectivity index (χ1) is 18.1. The number of aromatic nitrogens is 1. The molecule has 3 aliphatic rings. The summed E-state index contributed by atoms with van der Waals surface area (Å²) in [6.45, 7) is 10.2. The van der Waals surface area contributed by atoms with Crippen LogP contribution in [0.5, 0.6) is 11.5 Å². The van der Waals surface area contributed by atoms with Crippen LogP contribution in [0.4, 0.5) is 0 Å². The quantitative estimate of drug-likeness (QED) is 0.324. The first kappa shape index (κ1) is 25.7. The molecule has 0 radical (unpaired) electrons. The molecule has 2 aliphatic heterocycles. The number of carbonyl (C=O) groups excluding carboxylic acids is 1. The van der Waals surface area contributed by atoms with Crippen LogP contribution in [0.3, 0.4) is 0 Å². The predicted octanol–water partition coefficient (Wildman–Crippen LogP) is 6.77. The Hall–Kier alpha value is -2.61. The van der Waals surface area contributed by atoms with Gasteiger partial charge in [-0.3, -0.25) is 9.69 Å². The first-order valence-corrected chi connectivity index (χ1v) is 14.5. The third-order valence-electron chi connectivity index (χ3n) is 7.97. The summed E-state index contributed by atoms with van der Waals surface area (Å²) in [5.74, 6) is 1.65. The summed E-state index contributed by atoms with van der Waals surface area (Å²) in [7, 11) is 0. The zero-order valence-corrected chi connectivity index (χ0v) is 23.8. The Morgan fingerprint density at radius 1 is 1.05 bits per heavy atom. The van der Waals surface area contributed by atoms with Crippen LogP contribution in [-0.2, 0) is 19.6 Å². The van der Waals surface area contributed by atoms with E-state index in [0.717, 1.165) is 53.0 Å². The molecule has 3 aromatic rings. The molecule has 38 heavy (non-hydrogen) atoms. The lowest BCUT2D eigenvalue weighted by molar-refractivity contribution is 0.0702. The van der Waals surface area contributed by atoms with Crippen LogP contribution in [0.25, 0.3) is 0 Å². The van der Waals surface area contributed by atoms with Crippen LogP contribution < -0.4 is 9.47 Å². The molecule has 2 atom stereocenters. The zero-order valence-electron chi connectivity index (χ0n) is 22.2. The molecule has 2 unspecified atom stereocenters. The molecule has 1 amide bonds. The summed E-state index contributed by atoms with van der Waals surface area (Å²) in [6.07, 6.45) is 3.33. The minimum Gasteiger partial charge on any atom is -0.454 e. The van der Waals surface area contributed by atoms with Gasteiger partial charge in [0.2, 0.25) is 6.79 Å². The number of rotatable bonds is 7. The topological polar surface area (TPSA) is 54.9 Å². The fourth-order valence-electron chi connectivity index (χ4n) is 6.83. The second-order valence-corrected chi connectivity index (χ2v) is 13.6. The highest BCUT2D eigenvalue weighted by Crippen LogP contribution is 2.52. The number of halogens is 1. The first-order valence-electron chi connectivity index (χ1n) is 13.3. The van der Waals surface area contributed by atoms with E-state index in [1.54, 1.807) is 11.3 Å². The van der Waals surface area contributed by atoms with E-state index in [2.05, 4.69) is 48.8 Å². The molecule has 3 heterocycles. The zero-order chi connectivity index (χ0) is 26.5. The lowest BCUT2D eigenvalue weighted by atomic mass is 9.65. The number of hydrogen-bond acceptors (Lipinski definition) is 6. The predicted molar refractivity (Wildman–Crippen MR) is 150 cm³/mol. The van der Waals surface area contributed by atoms with Gasteiger partial charge in [-0.2, -0.15) is 0 Å². The molecule has 2 bridgehead atoms. The maximum atomic E-state index is 13.6. The van der Waals surface area contributed by atoms with E-state index in [-0.39, 0.29) is 23.5 Å². The fraction of sp³-hybridized carbons (Fsp3) is 0.467. The van der Waals surface area contributed by atoms with E-state index < -0.39 is 0 Å². The van der Waals surface area contributed by atoms with Crippen LogP contribution >= 0.6 is 22.9 Å². The van der Waals surface area contributed by atoms with Crippen LogP contribution in [-0.4, -0.2) is 40.1 Å². The van der Waals surface area contributed by atoms with Gasteiger partial charge in [0.1, 0.15) is 10.7 Å². The molecule has 2 aromatic carbocycles. The van der Waals surface area contributed by atoms with Crippen LogP contribution in [0.1, 0.15) is 66.7 Å². The second kappa shape index (κ2) is 9.85. The van der Waals surface area contributed by atoms with Gasteiger partial charge < -0.3 is 14.4 Å². The minimum atomic E-state index is 0.0824. The van der Waals surface area contributed by atoms with E-state index in [1.807, 2.05) is 29.6 Å². The Bertz CT molecular complexity index is 1340. The monoisotopic (exact) mass is 551 g/mol. The van der Waals surface area contributed by atoms with E-state index in [1.165, 1.54) is 12.0 Å². The number of nitrogens with zero attached hydrogens (tertiary/aromatic N) is 3. The number of fused-ring (bicyclic) bond motifs is 3. The number of carbonyl (C=O) groups is 1. The van der Waals surface area contributed by atoms with Crippen molar-refractivity contribution in [1.82, 2.24) is 14.8 Å². The standard InChI is InChI=1S/C30H34ClN3O3S/c1-29(2)11-23-12-30(3,17-29)18-34(23)28(35)24-16-38-27(32-24)15-33(13-20-4-7-22(31)8-5-20)14-21-6-9-25-26(10-21)37-19-36-25/h4-10,16,23H,11-15,17-19H2,1-3H3. The van der Waals surface area contributed by atoms with Crippen molar-refractivity contribution in [2.45, 2.75) is 65.7 Å². The average Bonchev–Trinajstić information content (AvgIpc) is 3.57. The molecule has 0 N–H and O–H groups in total. The molecule has 8 heteroatoms. The van der Waals surface area contributed by atoms with Gasteiger partial charge >= 0.3 is 0 Å². The number of benzene rings is 2. The normalized spacial score (nSPS) is 23.3. The summed E-state index contributed by atoms with van der Waals surface area (Å²) in [5.41, 5.74) is 3.37. The third-order valence-corrected chi connectivity index (χ3v) is 9.05. The van der Waals surface area contributed by atoms with Gasteiger partial charge in [-0.1, -0.05) is 50.6 Å². The molecule has 6 nitrogen and oxygen atoms in total. The smallest absolute Gasteiger partial charge is 0.273 e. The summed E-state index contributed by atoms with van der Waals surface area (Å²) in [4.78, 5) is 22.9. The van der Waals surface area contributed by atoms with Crippen molar-refractivity contribution in [3.05, 3.63) is 74.7 Å². The maximum Gasteiger partial charge on any atom is 0.273 e. The van der Waals surface area contributed by atoms with Crippen molar-refractivity contribution in [2.24, 2.45) is 10.8 Å². The van der Waals surface area contributed by atoms with Gasteiger partial charge in [0, 0.05) is 36.1 Å². The van der Waals surface area contributed by atoms with Crippen LogP contribution in [0, 0.1) is 10.8 Å². The molecule has 1 aliphatic carbocycles. The maximum absolute atomic E-state index is 13.6. The summed E-state index contributed by atoms with van der Waals surface area (Å²) in [6, 6.07) is 14.3. The van der Waals surface area contributed by atoms with E-state index in [9.17, 15) is 4.79 Å². The summed E-state index contributed by atoms with van der Waals surface area (Å²) in [5, 5.41) is 3.61. The average molecular weight is 552 g/mol. The molecule has 1 saturated carbocycles. The summed E-state index contributed by atoms with van der Waals surface area (Å²) < 4.78 is 11.1. The molecular formula is C30H34ClN3O3S. The minimum absolute atomic E-state index is 0.0824. The van der Waals surface area contributed by atoms with Gasteiger partial charge in [0.05, 0.1) is 6.54 Å². The molecule has 200 valence electrons. The molecule has 1 saturated heterocycles. The van der Waals surface area contributed by atoms with Crippen molar-refractivity contribution in [2.75, 3.05) is 13.3 Å². The Kier molecular flexibility index (Phi) is 6.65. The van der Waals surface area contributed by atoms with E-state index >= 15 is 0 Å². The Morgan fingerprint density at radius 2 is 1.79 bits per heavy atom. The van der Waals surface area contributed by atoms with Crippen molar-refractivity contribution in [3.8, 4) is 11.5 Å². The number of hydrogen-bond donors (Lipinski definition) is 0. The van der Waals surface area contributed by atoms with E-state index in [4.69, 9.17) is 26.1 Å². The van der Waals surface area contributed by atoms with Crippen LogP contribution in [0.15, 0.2) is 47.8 Å². The van der Waals surface area contributed by atoms with Crippen molar-refractivity contribution in [3.63, 3.8) is 0 Å². The van der Waals surface area contributed by atoms with Gasteiger partial charge in [-0.25, -0.2) is 4.98 Å². The Labute approximate surface area is 233 Å². The highest BCUT2D eigenvalue weighted by atomic mass is 35.5. The molecule has 0 spiro atoms. The number of likely N-dealkylation sites (tertiary alicyclic amines) is 1. The number of amides is 1. The second-order valence-electron chi connectivity index (χ2n) is 12.2. The summed E-state index contributed by atoms with van der Waals surface area (Å²) >= 11 is 7.69. The van der Waals surface area contributed by atoms with Gasteiger partial charge in [0.25, 0.3) is 5.91 Å². The SMILES string of the molecule is CC1(C)CC2CC(C)(CN2C(=O)c2csc(CN(Cc3ccc(Cl)cc3)Cc3ccc4c(c3)OCO4)n2)C1. The van der Waals surface area contributed by atoms with Crippen molar-refractivity contribution >= 4 is 28.8 Å². The highest BCUT2D eigenvalue weighted by molar-refractivity contribution is 7.09. The van der Waals surface area contributed by atoms with Gasteiger partial charge in [-0.05, 0) is 65.5 Å². The number of thiazole rings is 1. The molecule has 6 rings (SSSR count). The lowest BCUT2D eigenvalue weighted by Crippen LogP contribution is -2.37. The fourth-order valence-corrected chi connectivity index (χ4v) is 7.77. The Balaban J connectivity index is 1.19. The molecule has 2 fully saturated rings. The van der Waals surface area contributed by atoms with Gasteiger partial charge in [-0.15, -0.1) is 11.3 Å². The molecule has 1 aromatic heterocycles. The largest absolute Gasteiger partial charge is 0.454 e. The third kappa shape index (κ3) is 5.42. The highest BCUT2D eigenvalue weighted by Gasteiger charge is 2.51. The van der Waals surface area contributed by atoms with E-state index in [0.29, 0.717) is 24.8 Å².